The first kappa shape index (κ1) is 15.0. The molecule has 3 aromatic rings. The lowest BCUT2D eigenvalue weighted by Crippen LogP contribution is -2.39. The van der Waals surface area contributed by atoms with E-state index in [1.54, 1.807) is 11.0 Å². The van der Waals surface area contributed by atoms with E-state index in [1.807, 2.05) is 37.4 Å². The third-order valence-corrected chi connectivity index (χ3v) is 4.25. The molecule has 124 valence electrons. The van der Waals surface area contributed by atoms with Crippen molar-refractivity contribution in [1.29, 1.82) is 0 Å². The summed E-state index contributed by atoms with van der Waals surface area (Å²) in [7, 11) is 2.04. The van der Waals surface area contributed by atoms with E-state index in [1.165, 1.54) is 0 Å². The summed E-state index contributed by atoms with van der Waals surface area (Å²) >= 11 is 0. The molecule has 1 aliphatic heterocycles. The smallest absolute Gasteiger partial charge is 0.248 e. The van der Waals surface area contributed by atoms with Gasteiger partial charge in [-0.2, -0.15) is 20.0 Å². The summed E-state index contributed by atoms with van der Waals surface area (Å²) in [6.07, 6.45) is 2.99. The van der Waals surface area contributed by atoms with Gasteiger partial charge in [-0.15, -0.1) is 0 Å². The quantitative estimate of drug-likeness (QED) is 0.755. The molecule has 0 bridgehead atoms. The van der Waals surface area contributed by atoms with Gasteiger partial charge < -0.3 is 15.2 Å². The maximum atomic E-state index is 6.39. The second kappa shape index (κ2) is 5.81. The zero-order chi connectivity index (χ0) is 16.6. The SMILES string of the molecule is CN1CCC(N)(c2nc(Cc3cnn(-c4ccccc4)n3)no2)C1. The first-order valence-corrected chi connectivity index (χ1v) is 7.89. The summed E-state index contributed by atoms with van der Waals surface area (Å²) in [4.78, 5) is 8.22. The number of likely N-dealkylation sites (tertiary alicyclic amines) is 1. The summed E-state index contributed by atoms with van der Waals surface area (Å²) in [6.45, 7) is 1.65. The molecule has 0 aliphatic carbocycles. The van der Waals surface area contributed by atoms with Gasteiger partial charge in [0.25, 0.3) is 0 Å². The third kappa shape index (κ3) is 2.81. The standard InChI is InChI=1S/C16H19N7O/c1-22-8-7-16(17,11-22)15-19-14(21-24-15)9-12-10-18-23(20-12)13-5-3-2-4-6-13/h2-6,10H,7-9,11,17H2,1H3. The van der Waals surface area contributed by atoms with Crippen molar-refractivity contribution >= 4 is 0 Å². The monoisotopic (exact) mass is 325 g/mol. The number of hydrogen-bond acceptors (Lipinski definition) is 7. The van der Waals surface area contributed by atoms with Crippen molar-refractivity contribution in [3.8, 4) is 5.69 Å². The van der Waals surface area contributed by atoms with Crippen LogP contribution < -0.4 is 5.73 Å². The fraction of sp³-hybridized carbons (Fsp3) is 0.375. The average molecular weight is 325 g/mol. The van der Waals surface area contributed by atoms with Gasteiger partial charge in [0.1, 0.15) is 5.54 Å². The van der Waals surface area contributed by atoms with E-state index in [4.69, 9.17) is 10.3 Å². The molecule has 3 heterocycles. The molecule has 2 N–H and O–H groups in total. The molecule has 1 saturated heterocycles. The Labute approximate surface area is 139 Å². The van der Waals surface area contributed by atoms with Gasteiger partial charge in [-0.25, -0.2) is 0 Å². The molecule has 24 heavy (non-hydrogen) atoms. The molecule has 8 nitrogen and oxygen atoms in total. The molecule has 1 atom stereocenters. The fourth-order valence-electron chi connectivity index (χ4n) is 2.96. The van der Waals surface area contributed by atoms with Gasteiger partial charge in [0.05, 0.1) is 24.0 Å². The average Bonchev–Trinajstić information content (AvgIpc) is 3.30. The first-order valence-electron chi connectivity index (χ1n) is 7.89. The zero-order valence-electron chi connectivity index (χ0n) is 13.5. The topological polar surface area (TPSA) is 98.9 Å². The van der Waals surface area contributed by atoms with Crippen molar-refractivity contribution in [2.24, 2.45) is 5.73 Å². The van der Waals surface area contributed by atoms with E-state index < -0.39 is 5.54 Å². The summed E-state index contributed by atoms with van der Waals surface area (Å²) in [5.41, 5.74) is 7.52. The van der Waals surface area contributed by atoms with E-state index in [0.29, 0.717) is 18.1 Å². The number of benzene rings is 1. The molecule has 1 fully saturated rings. The molecule has 0 amide bonds. The van der Waals surface area contributed by atoms with E-state index in [2.05, 4.69) is 25.2 Å². The van der Waals surface area contributed by atoms with Gasteiger partial charge in [-0.3, -0.25) is 0 Å². The minimum atomic E-state index is -0.554. The van der Waals surface area contributed by atoms with Crippen LogP contribution in [0.2, 0.25) is 0 Å². The van der Waals surface area contributed by atoms with Crippen LogP contribution in [0, 0.1) is 0 Å². The highest BCUT2D eigenvalue weighted by atomic mass is 16.5. The van der Waals surface area contributed by atoms with Crippen LogP contribution in [0.4, 0.5) is 0 Å². The highest BCUT2D eigenvalue weighted by Gasteiger charge is 2.39. The minimum Gasteiger partial charge on any atom is -0.337 e. The zero-order valence-corrected chi connectivity index (χ0v) is 13.5. The minimum absolute atomic E-state index is 0.461. The number of aromatic nitrogens is 5. The normalized spacial score (nSPS) is 21.4. The molecule has 1 unspecified atom stereocenters. The Bertz CT molecular complexity index is 828. The van der Waals surface area contributed by atoms with Crippen LogP contribution in [-0.4, -0.2) is 50.2 Å². The summed E-state index contributed by atoms with van der Waals surface area (Å²) in [6, 6.07) is 9.75. The first-order chi connectivity index (χ1) is 11.6. The lowest BCUT2D eigenvalue weighted by molar-refractivity contribution is 0.276. The van der Waals surface area contributed by atoms with Crippen molar-refractivity contribution < 1.29 is 4.52 Å². The number of hydrogen-bond donors (Lipinski definition) is 1. The second-order valence-corrected chi connectivity index (χ2v) is 6.30. The van der Waals surface area contributed by atoms with Crippen LogP contribution in [0.5, 0.6) is 0 Å². The molecular formula is C16H19N7O. The van der Waals surface area contributed by atoms with Crippen molar-refractivity contribution in [3.05, 3.63) is 53.9 Å². The van der Waals surface area contributed by atoms with Gasteiger partial charge in [0, 0.05) is 13.1 Å². The molecular weight excluding hydrogens is 306 g/mol. The van der Waals surface area contributed by atoms with Gasteiger partial charge in [-0.1, -0.05) is 23.4 Å². The molecule has 4 rings (SSSR count). The van der Waals surface area contributed by atoms with Crippen molar-refractivity contribution in [1.82, 2.24) is 30.0 Å². The lowest BCUT2D eigenvalue weighted by Gasteiger charge is -2.18. The molecule has 8 heteroatoms. The third-order valence-electron chi connectivity index (χ3n) is 4.25. The highest BCUT2D eigenvalue weighted by Crippen LogP contribution is 2.27. The van der Waals surface area contributed by atoms with Gasteiger partial charge in [0.2, 0.25) is 5.89 Å². The maximum Gasteiger partial charge on any atom is 0.248 e. The number of nitrogens with two attached hydrogens (primary N) is 1. The van der Waals surface area contributed by atoms with Crippen LogP contribution in [0.3, 0.4) is 0 Å². The predicted octanol–water partition coefficient (Wildman–Crippen LogP) is 0.731. The summed E-state index contributed by atoms with van der Waals surface area (Å²) in [5, 5.41) is 12.8. The Morgan fingerprint density at radius 1 is 1.29 bits per heavy atom. The Morgan fingerprint density at radius 3 is 2.88 bits per heavy atom. The van der Waals surface area contributed by atoms with Crippen LogP contribution in [0.25, 0.3) is 5.69 Å². The number of nitrogens with zero attached hydrogens (tertiary/aromatic N) is 6. The highest BCUT2D eigenvalue weighted by molar-refractivity contribution is 5.28. The van der Waals surface area contributed by atoms with Crippen LogP contribution >= 0.6 is 0 Å². The van der Waals surface area contributed by atoms with E-state index in [0.717, 1.165) is 30.9 Å². The molecule has 2 aromatic heterocycles. The molecule has 0 radical (unpaired) electrons. The number of rotatable bonds is 4. The van der Waals surface area contributed by atoms with E-state index >= 15 is 0 Å². The fourth-order valence-corrected chi connectivity index (χ4v) is 2.96. The van der Waals surface area contributed by atoms with Gasteiger partial charge in [-0.05, 0) is 25.6 Å². The second-order valence-electron chi connectivity index (χ2n) is 6.30. The Morgan fingerprint density at radius 2 is 2.12 bits per heavy atom. The maximum absolute atomic E-state index is 6.39. The van der Waals surface area contributed by atoms with Crippen LogP contribution in [0.15, 0.2) is 41.1 Å². The summed E-state index contributed by atoms with van der Waals surface area (Å²) < 4.78 is 5.40. The number of likely N-dealkylation sites (N-methyl/N-ethyl adjacent to an activating group) is 1. The van der Waals surface area contributed by atoms with E-state index in [-0.39, 0.29) is 0 Å². The Balaban J connectivity index is 1.50. The largest absolute Gasteiger partial charge is 0.337 e. The van der Waals surface area contributed by atoms with E-state index in [9.17, 15) is 0 Å². The molecule has 0 saturated carbocycles. The molecule has 0 spiro atoms. The van der Waals surface area contributed by atoms with Gasteiger partial charge >= 0.3 is 0 Å². The van der Waals surface area contributed by atoms with Crippen LogP contribution in [-0.2, 0) is 12.0 Å². The van der Waals surface area contributed by atoms with Crippen LogP contribution in [0.1, 0.15) is 23.8 Å². The van der Waals surface area contributed by atoms with Crippen molar-refractivity contribution in [3.63, 3.8) is 0 Å². The predicted molar refractivity (Wildman–Crippen MR) is 86.4 cm³/mol. The summed E-state index contributed by atoms with van der Waals surface area (Å²) in [5.74, 6) is 1.07. The number of para-hydroxylation sites is 1. The Kier molecular flexibility index (Phi) is 3.62. The van der Waals surface area contributed by atoms with Gasteiger partial charge in [0.15, 0.2) is 5.82 Å². The van der Waals surface area contributed by atoms with Crippen molar-refractivity contribution in [2.45, 2.75) is 18.4 Å². The lowest BCUT2D eigenvalue weighted by atomic mass is 10.0. The van der Waals surface area contributed by atoms with Crippen molar-refractivity contribution in [2.75, 3.05) is 20.1 Å². The molecule has 1 aromatic carbocycles. The Hall–Kier alpha value is -2.58. The molecule has 1 aliphatic rings.